The number of benzene rings is 2. The summed E-state index contributed by atoms with van der Waals surface area (Å²) in [6.45, 7) is 8.46. The maximum Gasteiger partial charge on any atom is 0.227 e. The maximum atomic E-state index is 6.21. The fourth-order valence-corrected chi connectivity index (χ4v) is 3.82. The Morgan fingerprint density at radius 1 is 0.857 bits per heavy atom. The predicted octanol–water partition coefficient (Wildman–Crippen LogP) is 6.33. The van der Waals surface area contributed by atoms with Crippen LogP contribution < -0.4 is 0 Å². The molecule has 0 fully saturated rings. The van der Waals surface area contributed by atoms with Crippen LogP contribution in [0.1, 0.15) is 36.6 Å². The zero-order valence-corrected chi connectivity index (χ0v) is 16.4. The lowest BCUT2D eigenvalue weighted by Crippen LogP contribution is -1.93. The van der Waals surface area contributed by atoms with Crippen molar-refractivity contribution in [3.05, 3.63) is 65.6 Å². The summed E-state index contributed by atoms with van der Waals surface area (Å²) in [5.41, 5.74) is 7.70. The molecule has 0 N–H and O–H groups in total. The molecule has 5 aromatic rings. The molecule has 28 heavy (non-hydrogen) atoms. The average molecular weight is 367 g/mol. The van der Waals surface area contributed by atoms with Gasteiger partial charge in [0, 0.05) is 27.4 Å². The van der Waals surface area contributed by atoms with Crippen LogP contribution in [0.4, 0.5) is 0 Å². The number of furan rings is 1. The number of aromatic nitrogens is 3. The quantitative estimate of drug-likeness (QED) is 0.366. The van der Waals surface area contributed by atoms with E-state index in [1.54, 1.807) is 6.33 Å². The maximum absolute atomic E-state index is 6.21. The van der Waals surface area contributed by atoms with Gasteiger partial charge in [-0.25, -0.2) is 15.0 Å². The zero-order valence-electron chi connectivity index (χ0n) is 16.4. The van der Waals surface area contributed by atoms with Crippen molar-refractivity contribution in [2.24, 2.45) is 0 Å². The van der Waals surface area contributed by atoms with Crippen molar-refractivity contribution in [1.82, 2.24) is 15.0 Å². The van der Waals surface area contributed by atoms with Gasteiger partial charge in [-0.2, -0.15) is 0 Å². The molecule has 0 aliphatic rings. The molecule has 4 nitrogen and oxygen atoms in total. The molecular weight excluding hydrogens is 346 g/mol. The van der Waals surface area contributed by atoms with E-state index in [1.165, 1.54) is 5.56 Å². The van der Waals surface area contributed by atoms with Crippen LogP contribution in [0.5, 0.6) is 0 Å². The Morgan fingerprint density at radius 2 is 1.68 bits per heavy atom. The minimum absolute atomic E-state index is 0.457. The Hall–Kier alpha value is -3.27. The van der Waals surface area contributed by atoms with E-state index in [0.717, 1.165) is 49.8 Å². The van der Waals surface area contributed by atoms with E-state index in [4.69, 9.17) is 4.42 Å². The molecule has 0 bridgehead atoms. The van der Waals surface area contributed by atoms with E-state index in [2.05, 4.69) is 72.1 Å². The first-order valence-corrected chi connectivity index (χ1v) is 9.57. The van der Waals surface area contributed by atoms with Crippen LogP contribution in [0, 0.1) is 13.8 Å². The highest BCUT2D eigenvalue weighted by molar-refractivity contribution is 6.10. The first-order valence-electron chi connectivity index (χ1n) is 9.57. The second kappa shape index (κ2) is 6.13. The van der Waals surface area contributed by atoms with Crippen molar-refractivity contribution in [3.8, 4) is 11.3 Å². The Bertz CT molecular complexity index is 1370. The third-order valence-corrected chi connectivity index (χ3v) is 5.30. The van der Waals surface area contributed by atoms with Crippen molar-refractivity contribution >= 4 is 33.0 Å². The van der Waals surface area contributed by atoms with Gasteiger partial charge >= 0.3 is 0 Å². The summed E-state index contributed by atoms with van der Waals surface area (Å²) >= 11 is 0. The molecule has 0 spiro atoms. The SMILES string of the molecule is Cc1cc(-c2ncnc3cc(C(C)C)ccc23)c2oc3nc(C)ccc3c2c1. The summed E-state index contributed by atoms with van der Waals surface area (Å²) in [6, 6.07) is 14.8. The third-order valence-electron chi connectivity index (χ3n) is 5.30. The van der Waals surface area contributed by atoms with Crippen molar-refractivity contribution in [1.29, 1.82) is 0 Å². The van der Waals surface area contributed by atoms with Crippen LogP contribution in [-0.2, 0) is 0 Å². The van der Waals surface area contributed by atoms with E-state index in [-0.39, 0.29) is 0 Å². The van der Waals surface area contributed by atoms with E-state index >= 15 is 0 Å². The van der Waals surface area contributed by atoms with Gasteiger partial charge in [-0.3, -0.25) is 0 Å². The predicted molar refractivity (Wildman–Crippen MR) is 114 cm³/mol. The van der Waals surface area contributed by atoms with Gasteiger partial charge in [0.1, 0.15) is 11.9 Å². The van der Waals surface area contributed by atoms with Crippen molar-refractivity contribution < 1.29 is 4.42 Å². The van der Waals surface area contributed by atoms with E-state index in [1.807, 2.05) is 13.0 Å². The zero-order chi connectivity index (χ0) is 19.4. The summed E-state index contributed by atoms with van der Waals surface area (Å²) in [6.07, 6.45) is 1.64. The van der Waals surface area contributed by atoms with Gasteiger partial charge < -0.3 is 4.42 Å². The Morgan fingerprint density at radius 3 is 2.50 bits per heavy atom. The van der Waals surface area contributed by atoms with Gasteiger partial charge in [0.2, 0.25) is 5.71 Å². The molecule has 0 unspecified atom stereocenters. The van der Waals surface area contributed by atoms with Crippen LogP contribution in [0.2, 0.25) is 0 Å². The van der Waals surface area contributed by atoms with Crippen molar-refractivity contribution in [2.45, 2.75) is 33.6 Å². The number of nitrogens with zero attached hydrogens (tertiary/aromatic N) is 3. The molecule has 0 radical (unpaired) electrons. The number of aryl methyl sites for hydroxylation is 2. The van der Waals surface area contributed by atoms with Crippen LogP contribution in [0.25, 0.3) is 44.2 Å². The third kappa shape index (κ3) is 2.56. The topological polar surface area (TPSA) is 51.8 Å². The summed E-state index contributed by atoms with van der Waals surface area (Å²) in [5.74, 6) is 0.457. The standard InChI is InChI=1S/C24H21N3O/c1-13(2)16-6-8-18-21(11-16)25-12-26-22(18)20-10-14(3)9-19-17-7-5-15(4)27-24(17)28-23(19)20/h5-13H,1-4H3. The molecule has 0 saturated heterocycles. The van der Waals surface area contributed by atoms with Gasteiger partial charge in [-0.15, -0.1) is 0 Å². The van der Waals surface area contributed by atoms with E-state index in [0.29, 0.717) is 11.6 Å². The molecule has 0 amide bonds. The molecule has 0 aliphatic heterocycles. The van der Waals surface area contributed by atoms with Gasteiger partial charge in [0.05, 0.1) is 11.2 Å². The lowest BCUT2D eigenvalue weighted by Gasteiger charge is -2.10. The summed E-state index contributed by atoms with van der Waals surface area (Å²) in [5, 5.41) is 3.14. The lowest BCUT2D eigenvalue weighted by atomic mass is 9.98. The number of hydrogen-bond donors (Lipinski definition) is 0. The normalized spacial score (nSPS) is 11.9. The van der Waals surface area contributed by atoms with E-state index in [9.17, 15) is 0 Å². The van der Waals surface area contributed by atoms with E-state index < -0.39 is 0 Å². The van der Waals surface area contributed by atoms with Gasteiger partial charge in [-0.1, -0.05) is 26.0 Å². The lowest BCUT2D eigenvalue weighted by molar-refractivity contribution is 0.653. The molecule has 2 aromatic carbocycles. The van der Waals surface area contributed by atoms with Crippen LogP contribution in [0.15, 0.2) is 53.2 Å². The van der Waals surface area contributed by atoms with Gasteiger partial charge in [-0.05, 0) is 61.2 Å². The molecule has 5 rings (SSSR count). The highest BCUT2D eigenvalue weighted by Gasteiger charge is 2.17. The largest absolute Gasteiger partial charge is 0.437 e. The Labute approximate surface area is 163 Å². The Balaban J connectivity index is 1.85. The van der Waals surface area contributed by atoms with Crippen LogP contribution in [0.3, 0.4) is 0 Å². The number of rotatable bonds is 2. The Kier molecular flexibility index (Phi) is 3.69. The summed E-state index contributed by atoms with van der Waals surface area (Å²) in [7, 11) is 0. The summed E-state index contributed by atoms with van der Waals surface area (Å²) in [4.78, 5) is 13.7. The number of hydrogen-bond acceptors (Lipinski definition) is 4. The molecule has 0 saturated carbocycles. The van der Waals surface area contributed by atoms with Gasteiger partial charge in [0.25, 0.3) is 0 Å². The molecule has 4 heteroatoms. The van der Waals surface area contributed by atoms with Crippen molar-refractivity contribution in [3.63, 3.8) is 0 Å². The minimum atomic E-state index is 0.457. The molecule has 138 valence electrons. The molecule has 3 heterocycles. The fourth-order valence-electron chi connectivity index (χ4n) is 3.82. The monoisotopic (exact) mass is 367 g/mol. The van der Waals surface area contributed by atoms with Crippen LogP contribution >= 0.6 is 0 Å². The average Bonchev–Trinajstić information content (AvgIpc) is 3.03. The number of pyridine rings is 1. The first-order chi connectivity index (χ1) is 13.5. The fraction of sp³-hybridized carbons (Fsp3) is 0.208. The summed E-state index contributed by atoms with van der Waals surface area (Å²) < 4.78 is 6.21. The second-order valence-corrected chi connectivity index (χ2v) is 7.75. The highest BCUT2D eigenvalue weighted by Crippen LogP contribution is 2.38. The van der Waals surface area contributed by atoms with Crippen molar-refractivity contribution in [2.75, 3.05) is 0 Å². The second-order valence-electron chi connectivity index (χ2n) is 7.75. The van der Waals surface area contributed by atoms with Gasteiger partial charge in [0.15, 0.2) is 0 Å². The minimum Gasteiger partial charge on any atom is -0.437 e. The molecule has 3 aromatic heterocycles. The molecular formula is C24H21N3O. The number of fused-ring (bicyclic) bond motifs is 4. The highest BCUT2D eigenvalue weighted by atomic mass is 16.3. The molecule has 0 atom stereocenters. The smallest absolute Gasteiger partial charge is 0.227 e. The molecule has 0 aliphatic carbocycles. The van der Waals surface area contributed by atoms with Crippen LogP contribution in [-0.4, -0.2) is 15.0 Å². The first kappa shape index (κ1) is 16.9.